The summed E-state index contributed by atoms with van der Waals surface area (Å²) in [7, 11) is 0. The van der Waals surface area contributed by atoms with Crippen LogP contribution in [0.2, 0.25) is 0 Å². The normalized spacial score (nSPS) is 15.3. The molecule has 0 unspecified atom stereocenters. The van der Waals surface area contributed by atoms with Crippen molar-refractivity contribution in [2.24, 2.45) is 17.4 Å². The maximum atomic E-state index is 12.6. The molecule has 14 heteroatoms. The van der Waals surface area contributed by atoms with Gasteiger partial charge in [0.15, 0.2) is 0 Å². The minimum absolute atomic E-state index is 0.00856. The molecule has 0 aromatic heterocycles. The third-order valence-electron chi connectivity index (χ3n) is 4.65. The van der Waals surface area contributed by atoms with E-state index in [-0.39, 0.29) is 25.2 Å². The fourth-order valence-corrected chi connectivity index (χ4v) is 2.66. The third kappa shape index (κ3) is 12.1. The second-order valence-electron chi connectivity index (χ2n) is 8.37. The van der Waals surface area contributed by atoms with Crippen LogP contribution in [-0.2, 0) is 28.8 Å². The Morgan fingerprint density at radius 2 is 1.44 bits per heavy atom. The number of hydrogen-bond acceptors (Lipinski definition) is 8. The Hall–Kier alpha value is -3.26. The van der Waals surface area contributed by atoms with E-state index >= 15 is 0 Å². The van der Waals surface area contributed by atoms with E-state index in [4.69, 9.17) is 16.6 Å². The molecule has 0 bridgehead atoms. The molecular formula is C20H36N6O8. The molecule has 0 aromatic rings. The zero-order valence-electron chi connectivity index (χ0n) is 19.8. The van der Waals surface area contributed by atoms with Crippen molar-refractivity contribution in [3.05, 3.63) is 0 Å². The molecule has 0 spiro atoms. The van der Waals surface area contributed by atoms with Crippen LogP contribution < -0.4 is 32.7 Å². The molecule has 0 aliphatic rings. The van der Waals surface area contributed by atoms with Crippen LogP contribution in [0.5, 0.6) is 0 Å². The predicted molar refractivity (Wildman–Crippen MR) is 120 cm³/mol. The molecule has 0 radical (unpaired) electrons. The maximum Gasteiger partial charge on any atom is 0.325 e. The first-order chi connectivity index (χ1) is 15.6. The third-order valence-corrected chi connectivity index (χ3v) is 4.65. The molecule has 0 heterocycles. The predicted octanol–water partition coefficient (Wildman–Crippen LogP) is -3.32. The van der Waals surface area contributed by atoms with Gasteiger partial charge in [-0.05, 0) is 32.6 Å². The van der Waals surface area contributed by atoms with E-state index in [9.17, 15) is 33.9 Å². The Labute approximate surface area is 197 Å². The Kier molecular flexibility index (Phi) is 13.4. The van der Waals surface area contributed by atoms with E-state index in [0.717, 1.165) is 0 Å². The van der Waals surface area contributed by atoms with Crippen molar-refractivity contribution in [2.75, 3.05) is 6.54 Å². The number of aliphatic hydroxyl groups excluding tert-OH is 1. The molecule has 14 nitrogen and oxygen atoms in total. The summed E-state index contributed by atoms with van der Waals surface area (Å²) >= 11 is 0. The van der Waals surface area contributed by atoms with Crippen LogP contribution in [0, 0.1) is 5.92 Å². The first-order valence-corrected chi connectivity index (χ1v) is 10.8. The number of carbonyl (C=O) groups excluding carboxylic acids is 5. The molecule has 0 rings (SSSR count). The lowest BCUT2D eigenvalue weighted by atomic mass is 10.0. The van der Waals surface area contributed by atoms with Crippen LogP contribution in [-0.4, -0.2) is 82.5 Å². The number of primary amides is 1. The van der Waals surface area contributed by atoms with Crippen LogP contribution in [0.25, 0.3) is 0 Å². The topological polar surface area (TPSA) is 243 Å². The lowest BCUT2D eigenvalue weighted by Gasteiger charge is -2.23. The Morgan fingerprint density at radius 1 is 0.853 bits per heavy atom. The summed E-state index contributed by atoms with van der Waals surface area (Å²) in [4.78, 5) is 71.3. The number of carboxylic acid groups (broad SMARTS) is 1. The summed E-state index contributed by atoms with van der Waals surface area (Å²) in [6.07, 6.45) is -1.35. The Morgan fingerprint density at radius 3 is 1.91 bits per heavy atom. The quantitative estimate of drug-likeness (QED) is 0.115. The van der Waals surface area contributed by atoms with Crippen molar-refractivity contribution in [3.8, 4) is 0 Å². The summed E-state index contributed by atoms with van der Waals surface area (Å²) in [6, 6.07) is -4.79. The molecule has 0 fully saturated rings. The lowest BCUT2D eigenvalue weighted by Crippen LogP contribution is -2.56. The van der Waals surface area contributed by atoms with Crippen molar-refractivity contribution in [1.82, 2.24) is 21.3 Å². The average Bonchev–Trinajstić information content (AvgIpc) is 2.72. The van der Waals surface area contributed by atoms with Gasteiger partial charge in [0.05, 0.1) is 12.6 Å². The number of aliphatic carboxylic acids is 1. The van der Waals surface area contributed by atoms with Crippen LogP contribution in [0.15, 0.2) is 0 Å². The Bertz CT molecular complexity index is 757. The van der Waals surface area contributed by atoms with E-state index < -0.39 is 72.3 Å². The highest BCUT2D eigenvalue weighted by Gasteiger charge is 2.28. The molecule has 194 valence electrons. The molecule has 0 aromatic carbocycles. The van der Waals surface area contributed by atoms with Gasteiger partial charge in [0.1, 0.15) is 24.2 Å². The van der Waals surface area contributed by atoms with E-state index in [0.29, 0.717) is 0 Å². The number of aliphatic hydroxyl groups is 1. The molecule has 0 aliphatic carbocycles. The van der Waals surface area contributed by atoms with Gasteiger partial charge in [-0.1, -0.05) is 13.8 Å². The highest BCUT2D eigenvalue weighted by Crippen LogP contribution is 2.06. The van der Waals surface area contributed by atoms with Crippen molar-refractivity contribution in [3.63, 3.8) is 0 Å². The van der Waals surface area contributed by atoms with Gasteiger partial charge in [-0.2, -0.15) is 0 Å². The van der Waals surface area contributed by atoms with Gasteiger partial charge in [-0.15, -0.1) is 0 Å². The second-order valence-corrected chi connectivity index (χ2v) is 8.37. The van der Waals surface area contributed by atoms with Crippen molar-refractivity contribution in [1.29, 1.82) is 0 Å². The number of nitrogens with two attached hydrogens (primary N) is 2. The number of carboxylic acids is 1. The highest BCUT2D eigenvalue weighted by atomic mass is 16.4. The van der Waals surface area contributed by atoms with Gasteiger partial charge in [-0.25, -0.2) is 0 Å². The maximum absolute atomic E-state index is 12.6. The molecule has 0 saturated heterocycles. The number of amides is 5. The SMILES string of the molecule is CC(C)C[C@H](NC(=O)[C@@H](N)[C@@H](C)O)C(=O)NCC(=O)N[C@@H](CCC(N)=O)C(=O)N[C@@H](C)C(=O)O. The van der Waals surface area contributed by atoms with Crippen molar-refractivity contribution < 1.29 is 39.0 Å². The van der Waals surface area contributed by atoms with E-state index in [1.807, 2.05) is 13.8 Å². The van der Waals surface area contributed by atoms with Crippen LogP contribution in [0.1, 0.15) is 47.0 Å². The summed E-state index contributed by atoms with van der Waals surface area (Å²) in [5.74, 6) is -5.10. The fraction of sp³-hybridized carbons (Fsp3) is 0.700. The van der Waals surface area contributed by atoms with E-state index in [1.54, 1.807) is 0 Å². The van der Waals surface area contributed by atoms with E-state index in [2.05, 4.69) is 21.3 Å². The standard InChI is InChI=1S/C20H36N6O8/c1-9(2)7-13(26-19(32)16(22)11(4)27)17(30)23-8-15(29)25-12(5-6-14(21)28)18(31)24-10(3)20(33)34/h9-13,16,27H,5-8,22H2,1-4H3,(H2,21,28)(H,23,30)(H,24,31)(H,25,29)(H,26,32)(H,33,34)/t10-,11+,12-,13-,16-/m0/s1. The number of hydrogen-bond donors (Lipinski definition) is 8. The number of carbonyl (C=O) groups is 6. The van der Waals surface area contributed by atoms with Gasteiger partial charge in [-0.3, -0.25) is 28.8 Å². The van der Waals surface area contributed by atoms with Gasteiger partial charge in [0, 0.05) is 6.42 Å². The smallest absolute Gasteiger partial charge is 0.325 e. The molecule has 5 atom stereocenters. The molecule has 34 heavy (non-hydrogen) atoms. The van der Waals surface area contributed by atoms with Crippen LogP contribution in [0.3, 0.4) is 0 Å². The first-order valence-electron chi connectivity index (χ1n) is 10.8. The minimum atomic E-state index is -1.30. The van der Waals surface area contributed by atoms with Gasteiger partial charge in [0.2, 0.25) is 29.5 Å². The zero-order valence-corrected chi connectivity index (χ0v) is 19.8. The lowest BCUT2D eigenvalue weighted by molar-refractivity contribution is -0.141. The molecule has 5 amide bonds. The summed E-state index contributed by atoms with van der Waals surface area (Å²) in [6.45, 7) is 5.61. The summed E-state index contributed by atoms with van der Waals surface area (Å²) in [5.41, 5.74) is 10.7. The van der Waals surface area contributed by atoms with Crippen LogP contribution in [0.4, 0.5) is 0 Å². The van der Waals surface area contributed by atoms with E-state index in [1.165, 1.54) is 13.8 Å². The molecule has 0 aliphatic heterocycles. The number of rotatable bonds is 15. The largest absolute Gasteiger partial charge is 0.480 e. The summed E-state index contributed by atoms with van der Waals surface area (Å²) < 4.78 is 0. The second kappa shape index (κ2) is 14.8. The first kappa shape index (κ1) is 30.7. The minimum Gasteiger partial charge on any atom is -0.480 e. The monoisotopic (exact) mass is 488 g/mol. The van der Waals surface area contributed by atoms with Gasteiger partial charge >= 0.3 is 5.97 Å². The number of nitrogens with one attached hydrogen (secondary N) is 4. The van der Waals surface area contributed by atoms with Gasteiger partial charge < -0.3 is 42.9 Å². The average molecular weight is 489 g/mol. The van der Waals surface area contributed by atoms with Crippen molar-refractivity contribution >= 4 is 35.5 Å². The zero-order chi connectivity index (χ0) is 26.6. The molecule has 0 saturated carbocycles. The fourth-order valence-electron chi connectivity index (χ4n) is 2.66. The molecule has 10 N–H and O–H groups in total. The highest BCUT2D eigenvalue weighted by molar-refractivity contribution is 5.94. The Balaban J connectivity index is 5.12. The van der Waals surface area contributed by atoms with Gasteiger partial charge in [0.25, 0.3) is 0 Å². The summed E-state index contributed by atoms with van der Waals surface area (Å²) in [5, 5.41) is 27.7. The van der Waals surface area contributed by atoms with Crippen LogP contribution >= 0.6 is 0 Å². The molecular weight excluding hydrogens is 452 g/mol. The van der Waals surface area contributed by atoms with Crippen molar-refractivity contribution in [2.45, 2.75) is 77.2 Å².